The van der Waals surface area contributed by atoms with E-state index in [1.165, 1.54) is 12.3 Å². The maximum absolute atomic E-state index is 11.7. The molecule has 1 aromatic heterocycles. The van der Waals surface area contributed by atoms with Gasteiger partial charge in [-0.05, 0) is 31.9 Å². The molecule has 1 saturated carbocycles. The molecule has 2 amide bonds. The Balaban J connectivity index is 1.78. The first kappa shape index (κ1) is 12.6. The Bertz CT molecular complexity index is 423. The Kier molecular flexibility index (Phi) is 3.66. The van der Waals surface area contributed by atoms with Gasteiger partial charge < -0.3 is 20.2 Å². The third-order valence-electron chi connectivity index (χ3n) is 2.95. The van der Waals surface area contributed by atoms with Crippen molar-refractivity contribution in [3.8, 4) is 0 Å². The predicted molar refractivity (Wildman–Crippen MR) is 62.8 cm³/mol. The van der Waals surface area contributed by atoms with Gasteiger partial charge in [0.2, 0.25) is 5.91 Å². The summed E-state index contributed by atoms with van der Waals surface area (Å²) in [4.78, 5) is 23.3. The first-order valence-corrected chi connectivity index (χ1v) is 5.89. The highest BCUT2D eigenvalue weighted by atomic mass is 16.3. The molecule has 1 heterocycles. The van der Waals surface area contributed by atoms with Crippen LogP contribution in [0.2, 0.25) is 0 Å². The lowest BCUT2D eigenvalue weighted by Gasteiger charge is -2.32. The van der Waals surface area contributed by atoms with Crippen LogP contribution in [0.5, 0.6) is 0 Å². The fourth-order valence-corrected chi connectivity index (χ4v) is 1.77. The highest BCUT2D eigenvalue weighted by Gasteiger charge is 2.30. The van der Waals surface area contributed by atoms with Crippen LogP contribution >= 0.6 is 0 Å². The fraction of sp³-hybridized carbons (Fsp3) is 0.500. The average molecular weight is 252 g/mol. The number of hydrogen-bond acceptors (Lipinski definition) is 4. The maximum Gasteiger partial charge on any atom is 0.287 e. The Morgan fingerprint density at radius 3 is 2.78 bits per heavy atom. The molecule has 0 spiro atoms. The second-order valence-corrected chi connectivity index (χ2v) is 4.50. The van der Waals surface area contributed by atoms with Gasteiger partial charge in [0, 0.05) is 6.04 Å². The van der Waals surface area contributed by atoms with Gasteiger partial charge in [-0.3, -0.25) is 9.59 Å². The third kappa shape index (κ3) is 2.89. The minimum absolute atomic E-state index is 0.00969. The molecular weight excluding hydrogens is 236 g/mol. The molecule has 1 aliphatic rings. The summed E-state index contributed by atoms with van der Waals surface area (Å²) in [5, 5.41) is 14.4. The van der Waals surface area contributed by atoms with Gasteiger partial charge in [0.15, 0.2) is 5.76 Å². The smallest absolute Gasteiger partial charge is 0.287 e. The molecule has 98 valence electrons. The van der Waals surface area contributed by atoms with Crippen LogP contribution in [0.25, 0.3) is 0 Å². The molecule has 0 saturated heterocycles. The van der Waals surface area contributed by atoms with Gasteiger partial charge in [-0.15, -0.1) is 0 Å². The van der Waals surface area contributed by atoms with Gasteiger partial charge in [0.25, 0.3) is 5.91 Å². The van der Waals surface area contributed by atoms with Crippen molar-refractivity contribution in [2.75, 3.05) is 0 Å². The molecular formula is C12H16N2O4. The summed E-state index contributed by atoms with van der Waals surface area (Å²) >= 11 is 0. The molecule has 0 aliphatic heterocycles. The number of nitrogens with one attached hydrogen (secondary N) is 2. The molecule has 1 atom stereocenters. The third-order valence-corrected chi connectivity index (χ3v) is 2.95. The summed E-state index contributed by atoms with van der Waals surface area (Å²) in [6.45, 7) is 1.60. The van der Waals surface area contributed by atoms with Crippen molar-refractivity contribution in [2.45, 2.75) is 38.0 Å². The number of furan rings is 1. The summed E-state index contributed by atoms with van der Waals surface area (Å²) in [5.41, 5.74) is 0. The summed E-state index contributed by atoms with van der Waals surface area (Å²) in [6.07, 6.45) is 2.23. The van der Waals surface area contributed by atoms with Crippen LogP contribution in [0.15, 0.2) is 22.8 Å². The second-order valence-electron chi connectivity index (χ2n) is 4.50. The van der Waals surface area contributed by atoms with Crippen LogP contribution in [0, 0.1) is 0 Å². The molecule has 6 nitrogen and oxygen atoms in total. The quantitative estimate of drug-likeness (QED) is 0.705. The minimum atomic E-state index is -0.639. The first-order valence-electron chi connectivity index (χ1n) is 5.89. The summed E-state index contributed by atoms with van der Waals surface area (Å²) < 4.78 is 4.93. The van der Waals surface area contributed by atoms with E-state index >= 15 is 0 Å². The van der Waals surface area contributed by atoms with Crippen molar-refractivity contribution in [3.63, 3.8) is 0 Å². The molecule has 1 aliphatic carbocycles. The molecule has 18 heavy (non-hydrogen) atoms. The number of carbonyl (C=O) groups is 2. The fourth-order valence-electron chi connectivity index (χ4n) is 1.77. The van der Waals surface area contributed by atoms with Gasteiger partial charge in [-0.1, -0.05) is 0 Å². The van der Waals surface area contributed by atoms with Crippen LogP contribution in [0.1, 0.15) is 30.3 Å². The van der Waals surface area contributed by atoms with Crippen LogP contribution in [0.3, 0.4) is 0 Å². The SMILES string of the molecule is CC(NC(=O)c1ccco1)C(=O)NC1CC(O)C1. The van der Waals surface area contributed by atoms with Crippen molar-refractivity contribution in [1.29, 1.82) is 0 Å². The Morgan fingerprint density at radius 1 is 1.50 bits per heavy atom. The van der Waals surface area contributed by atoms with E-state index < -0.39 is 11.9 Å². The Hall–Kier alpha value is -1.82. The van der Waals surface area contributed by atoms with Crippen molar-refractivity contribution >= 4 is 11.8 Å². The molecule has 0 bridgehead atoms. The van der Waals surface area contributed by atoms with E-state index in [0.717, 1.165) is 0 Å². The lowest BCUT2D eigenvalue weighted by molar-refractivity contribution is -0.124. The first-order chi connectivity index (χ1) is 8.56. The van der Waals surface area contributed by atoms with E-state index in [1.54, 1.807) is 13.0 Å². The average Bonchev–Trinajstić information content (AvgIpc) is 2.80. The molecule has 1 aromatic rings. The number of aliphatic hydroxyl groups is 1. The van der Waals surface area contributed by atoms with Gasteiger partial charge >= 0.3 is 0 Å². The Morgan fingerprint density at radius 2 is 2.22 bits per heavy atom. The molecule has 1 fully saturated rings. The van der Waals surface area contributed by atoms with Gasteiger partial charge in [0.1, 0.15) is 6.04 Å². The molecule has 2 rings (SSSR count). The molecule has 0 radical (unpaired) electrons. The van der Waals surface area contributed by atoms with Crippen LogP contribution < -0.4 is 10.6 Å². The zero-order valence-corrected chi connectivity index (χ0v) is 10.1. The van der Waals surface area contributed by atoms with Gasteiger partial charge in [-0.25, -0.2) is 0 Å². The van der Waals surface area contributed by atoms with Crippen molar-refractivity contribution in [3.05, 3.63) is 24.2 Å². The van der Waals surface area contributed by atoms with Crippen LogP contribution in [-0.4, -0.2) is 35.1 Å². The van der Waals surface area contributed by atoms with Gasteiger partial charge in [-0.2, -0.15) is 0 Å². The van der Waals surface area contributed by atoms with Crippen molar-refractivity contribution in [1.82, 2.24) is 10.6 Å². The standard InChI is InChI=1S/C12H16N2O4/c1-7(11(16)14-8-5-9(15)6-8)13-12(17)10-3-2-4-18-10/h2-4,7-9,15H,5-6H2,1H3,(H,13,17)(H,14,16). The van der Waals surface area contributed by atoms with E-state index in [1.807, 2.05) is 0 Å². The largest absolute Gasteiger partial charge is 0.459 e. The van der Waals surface area contributed by atoms with Crippen molar-refractivity contribution in [2.24, 2.45) is 0 Å². The van der Waals surface area contributed by atoms with E-state index in [0.29, 0.717) is 12.8 Å². The highest BCUT2D eigenvalue weighted by Crippen LogP contribution is 2.19. The monoisotopic (exact) mass is 252 g/mol. The van der Waals surface area contributed by atoms with Crippen LogP contribution in [0.4, 0.5) is 0 Å². The molecule has 1 unspecified atom stereocenters. The molecule has 3 N–H and O–H groups in total. The summed E-state index contributed by atoms with van der Waals surface area (Å²) in [7, 11) is 0. The predicted octanol–water partition coefficient (Wildman–Crippen LogP) is 0.0374. The highest BCUT2D eigenvalue weighted by molar-refractivity contribution is 5.95. The topological polar surface area (TPSA) is 91.6 Å². The Labute approximate surface area is 104 Å². The summed E-state index contributed by atoms with van der Waals surface area (Å²) in [6, 6.07) is 2.51. The van der Waals surface area contributed by atoms with E-state index in [4.69, 9.17) is 9.52 Å². The zero-order chi connectivity index (χ0) is 13.1. The van der Waals surface area contributed by atoms with Crippen molar-refractivity contribution < 1.29 is 19.1 Å². The van der Waals surface area contributed by atoms with E-state index in [-0.39, 0.29) is 23.8 Å². The van der Waals surface area contributed by atoms with E-state index in [2.05, 4.69) is 10.6 Å². The number of hydrogen-bond donors (Lipinski definition) is 3. The lowest BCUT2D eigenvalue weighted by Crippen LogP contribution is -2.52. The van der Waals surface area contributed by atoms with Crippen LogP contribution in [-0.2, 0) is 4.79 Å². The lowest BCUT2D eigenvalue weighted by atomic mass is 9.89. The maximum atomic E-state index is 11.7. The second kappa shape index (κ2) is 5.22. The normalized spacial score (nSPS) is 23.9. The summed E-state index contributed by atoms with van der Waals surface area (Å²) in [5.74, 6) is -0.503. The van der Waals surface area contributed by atoms with E-state index in [9.17, 15) is 9.59 Å². The van der Waals surface area contributed by atoms with Gasteiger partial charge in [0.05, 0.1) is 12.4 Å². The number of amides is 2. The molecule has 0 aromatic carbocycles. The number of rotatable bonds is 4. The number of carbonyl (C=O) groups excluding carboxylic acids is 2. The zero-order valence-electron chi connectivity index (χ0n) is 10.1. The minimum Gasteiger partial charge on any atom is -0.459 e. The molecule has 6 heteroatoms. The number of aliphatic hydroxyl groups excluding tert-OH is 1.